The summed E-state index contributed by atoms with van der Waals surface area (Å²) >= 11 is 6.10. The Hall–Kier alpha value is -0.620. The second-order valence-electron chi connectivity index (χ2n) is 4.81. The van der Waals surface area contributed by atoms with Gasteiger partial charge in [-0.25, -0.2) is 8.42 Å². The van der Waals surface area contributed by atoms with Crippen molar-refractivity contribution in [1.29, 1.82) is 0 Å². The number of benzene rings is 1. The molecule has 1 unspecified atom stereocenters. The minimum absolute atomic E-state index is 0.0344. The van der Waals surface area contributed by atoms with Gasteiger partial charge in [0, 0.05) is 24.7 Å². The molecule has 1 aromatic rings. The van der Waals surface area contributed by atoms with Gasteiger partial charge in [0.05, 0.1) is 4.90 Å². The SMILES string of the molecule is CCNCc1cc(S(=O)(=O)N(C)C(C)CC)ccc1Cl. The summed E-state index contributed by atoms with van der Waals surface area (Å²) in [5.74, 6) is 0. The third kappa shape index (κ3) is 3.95. The van der Waals surface area contributed by atoms with Crippen molar-refractivity contribution in [1.82, 2.24) is 9.62 Å². The first-order valence-electron chi connectivity index (χ1n) is 6.81. The molecule has 1 N–H and O–H groups in total. The second-order valence-corrected chi connectivity index (χ2v) is 7.22. The highest BCUT2D eigenvalue weighted by Gasteiger charge is 2.24. The number of rotatable bonds is 7. The van der Waals surface area contributed by atoms with E-state index in [1.165, 1.54) is 4.31 Å². The molecular formula is C14H23ClN2O2S. The van der Waals surface area contributed by atoms with Gasteiger partial charge in [-0.15, -0.1) is 0 Å². The fraction of sp³-hybridized carbons (Fsp3) is 0.571. The molecule has 0 fully saturated rings. The van der Waals surface area contributed by atoms with Gasteiger partial charge in [0.1, 0.15) is 0 Å². The fourth-order valence-electron chi connectivity index (χ4n) is 1.77. The number of hydrogen-bond donors (Lipinski definition) is 1. The van der Waals surface area contributed by atoms with Gasteiger partial charge in [-0.3, -0.25) is 0 Å². The summed E-state index contributed by atoms with van der Waals surface area (Å²) in [6.45, 7) is 7.22. The van der Waals surface area contributed by atoms with Crippen LogP contribution >= 0.6 is 11.6 Å². The monoisotopic (exact) mass is 318 g/mol. The van der Waals surface area contributed by atoms with Crippen LogP contribution in [-0.4, -0.2) is 32.4 Å². The van der Waals surface area contributed by atoms with Crippen molar-refractivity contribution >= 4 is 21.6 Å². The van der Waals surface area contributed by atoms with E-state index in [1.54, 1.807) is 25.2 Å². The Balaban J connectivity index is 3.13. The highest BCUT2D eigenvalue weighted by molar-refractivity contribution is 7.89. The van der Waals surface area contributed by atoms with Gasteiger partial charge in [0.15, 0.2) is 0 Å². The second kappa shape index (κ2) is 7.41. The highest BCUT2D eigenvalue weighted by atomic mass is 35.5. The van der Waals surface area contributed by atoms with Crippen LogP contribution < -0.4 is 5.32 Å². The zero-order valence-electron chi connectivity index (χ0n) is 12.5. The summed E-state index contributed by atoms with van der Waals surface area (Å²) < 4.78 is 26.5. The Bertz CT molecular complexity index is 546. The standard InChI is InChI=1S/C14H23ClN2O2S/c1-5-11(3)17(4)20(18,19)13-7-8-14(15)12(9-13)10-16-6-2/h7-9,11,16H,5-6,10H2,1-4H3. The van der Waals surface area contributed by atoms with Crippen LogP contribution in [0.4, 0.5) is 0 Å². The van der Waals surface area contributed by atoms with Crippen molar-refractivity contribution in [3.63, 3.8) is 0 Å². The molecule has 0 aliphatic rings. The van der Waals surface area contributed by atoms with Crippen molar-refractivity contribution in [3.8, 4) is 0 Å². The summed E-state index contributed by atoms with van der Waals surface area (Å²) in [4.78, 5) is 0.289. The quantitative estimate of drug-likeness (QED) is 0.841. The maximum Gasteiger partial charge on any atom is 0.243 e. The molecule has 0 bridgehead atoms. The van der Waals surface area contributed by atoms with Crippen LogP contribution in [-0.2, 0) is 16.6 Å². The number of sulfonamides is 1. The first-order valence-corrected chi connectivity index (χ1v) is 8.63. The van der Waals surface area contributed by atoms with E-state index < -0.39 is 10.0 Å². The molecule has 0 aromatic heterocycles. The van der Waals surface area contributed by atoms with Gasteiger partial charge in [-0.2, -0.15) is 4.31 Å². The van der Waals surface area contributed by atoms with Gasteiger partial charge in [0.25, 0.3) is 0 Å². The smallest absolute Gasteiger partial charge is 0.243 e. The molecule has 0 heterocycles. The van der Waals surface area contributed by atoms with Crippen LogP contribution in [0.15, 0.2) is 23.1 Å². The van der Waals surface area contributed by atoms with Crippen molar-refractivity contribution in [3.05, 3.63) is 28.8 Å². The van der Waals surface area contributed by atoms with Gasteiger partial charge in [0.2, 0.25) is 10.0 Å². The zero-order valence-corrected chi connectivity index (χ0v) is 14.1. The van der Waals surface area contributed by atoms with E-state index in [4.69, 9.17) is 11.6 Å². The lowest BCUT2D eigenvalue weighted by molar-refractivity contribution is 0.380. The van der Waals surface area contributed by atoms with E-state index in [1.807, 2.05) is 20.8 Å². The Kier molecular flexibility index (Phi) is 6.45. The normalized spacial score (nSPS) is 13.7. The highest BCUT2D eigenvalue weighted by Crippen LogP contribution is 2.23. The Morgan fingerprint density at radius 3 is 2.55 bits per heavy atom. The van der Waals surface area contributed by atoms with E-state index >= 15 is 0 Å². The maximum atomic E-state index is 12.5. The topological polar surface area (TPSA) is 49.4 Å². The summed E-state index contributed by atoms with van der Waals surface area (Å²) in [6.07, 6.45) is 0.771. The summed E-state index contributed by atoms with van der Waals surface area (Å²) in [6, 6.07) is 4.82. The number of halogens is 1. The third-order valence-electron chi connectivity index (χ3n) is 3.47. The number of hydrogen-bond acceptors (Lipinski definition) is 3. The molecule has 6 heteroatoms. The lowest BCUT2D eigenvalue weighted by Gasteiger charge is -2.23. The minimum Gasteiger partial charge on any atom is -0.313 e. The molecule has 0 spiro atoms. The Morgan fingerprint density at radius 2 is 2.00 bits per heavy atom. The van der Waals surface area contributed by atoms with Crippen LogP contribution in [0.2, 0.25) is 5.02 Å². The van der Waals surface area contributed by atoms with E-state index in [-0.39, 0.29) is 10.9 Å². The van der Waals surface area contributed by atoms with Crippen LogP contribution in [0.5, 0.6) is 0 Å². The van der Waals surface area contributed by atoms with Gasteiger partial charge >= 0.3 is 0 Å². The van der Waals surface area contributed by atoms with Gasteiger partial charge in [-0.05, 0) is 43.7 Å². The number of nitrogens with one attached hydrogen (secondary N) is 1. The average Bonchev–Trinajstić information content (AvgIpc) is 2.44. The lowest BCUT2D eigenvalue weighted by Crippen LogP contribution is -2.34. The minimum atomic E-state index is -3.47. The Morgan fingerprint density at radius 1 is 1.35 bits per heavy atom. The third-order valence-corrected chi connectivity index (χ3v) is 5.81. The predicted molar refractivity (Wildman–Crippen MR) is 83.5 cm³/mol. The molecule has 0 radical (unpaired) electrons. The van der Waals surface area contributed by atoms with Gasteiger partial charge < -0.3 is 5.32 Å². The van der Waals surface area contributed by atoms with E-state index in [9.17, 15) is 8.42 Å². The van der Waals surface area contributed by atoms with Gasteiger partial charge in [-0.1, -0.05) is 25.4 Å². The molecule has 0 saturated carbocycles. The summed E-state index contributed by atoms with van der Waals surface area (Å²) in [5, 5.41) is 3.73. The van der Waals surface area contributed by atoms with Crippen LogP contribution in [0.25, 0.3) is 0 Å². The van der Waals surface area contributed by atoms with Crippen LogP contribution in [0, 0.1) is 0 Å². The largest absolute Gasteiger partial charge is 0.313 e. The molecule has 0 aliphatic carbocycles. The molecule has 20 heavy (non-hydrogen) atoms. The maximum absolute atomic E-state index is 12.5. The zero-order chi connectivity index (χ0) is 15.3. The molecule has 1 rings (SSSR count). The van der Waals surface area contributed by atoms with E-state index in [0.29, 0.717) is 11.6 Å². The van der Waals surface area contributed by atoms with E-state index in [2.05, 4.69) is 5.32 Å². The summed E-state index contributed by atoms with van der Waals surface area (Å²) in [7, 11) is -1.85. The molecular weight excluding hydrogens is 296 g/mol. The molecule has 0 aliphatic heterocycles. The van der Waals surface area contributed by atoms with Crippen LogP contribution in [0.1, 0.15) is 32.8 Å². The van der Waals surface area contributed by atoms with Crippen molar-refractivity contribution < 1.29 is 8.42 Å². The molecule has 114 valence electrons. The molecule has 1 atom stereocenters. The molecule has 0 amide bonds. The Labute approximate surface area is 127 Å². The lowest BCUT2D eigenvalue weighted by atomic mass is 10.2. The molecule has 4 nitrogen and oxygen atoms in total. The number of nitrogens with zero attached hydrogens (tertiary/aromatic N) is 1. The van der Waals surface area contributed by atoms with Crippen molar-refractivity contribution in [2.45, 2.75) is 44.7 Å². The molecule has 0 saturated heterocycles. The fourth-order valence-corrected chi connectivity index (χ4v) is 3.44. The first-order chi connectivity index (χ1) is 9.34. The van der Waals surface area contributed by atoms with E-state index in [0.717, 1.165) is 18.5 Å². The predicted octanol–water partition coefficient (Wildman–Crippen LogP) is 2.87. The van der Waals surface area contributed by atoms with Crippen LogP contribution in [0.3, 0.4) is 0 Å². The average molecular weight is 319 g/mol. The van der Waals surface area contributed by atoms with Crippen molar-refractivity contribution in [2.24, 2.45) is 0 Å². The van der Waals surface area contributed by atoms with Crippen molar-refractivity contribution in [2.75, 3.05) is 13.6 Å². The molecule has 1 aromatic carbocycles. The first kappa shape index (κ1) is 17.4. The summed E-state index contributed by atoms with van der Waals surface area (Å²) in [5.41, 5.74) is 0.798.